The average Bonchev–Trinajstić information content (AvgIpc) is 2.45. The smallest absolute Gasteiger partial charge is 0.0994 e. The van der Waals surface area contributed by atoms with E-state index < -0.39 is 0 Å². The van der Waals surface area contributed by atoms with Crippen LogP contribution in [0.1, 0.15) is 81.0 Å². The molecule has 0 spiro atoms. The summed E-state index contributed by atoms with van der Waals surface area (Å²) in [6, 6.07) is 6.83. The molecule has 0 N–H and O–H groups in total. The van der Waals surface area contributed by atoms with E-state index in [2.05, 4.69) is 39.0 Å². The minimum Gasteiger partial charge on any atom is -0.192 e. The Hall–Kier alpha value is -1.29. The Morgan fingerprint density at radius 3 is 2.20 bits per heavy atom. The fourth-order valence-corrected chi connectivity index (χ4v) is 2.78. The van der Waals surface area contributed by atoms with Crippen molar-refractivity contribution in [1.82, 2.24) is 0 Å². The Bertz CT molecular complexity index is 440. The topological polar surface area (TPSA) is 23.8 Å². The summed E-state index contributed by atoms with van der Waals surface area (Å²) in [5, 5.41) is 9.39. The van der Waals surface area contributed by atoms with Crippen LogP contribution in [0.3, 0.4) is 0 Å². The van der Waals surface area contributed by atoms with Crippen molar-refractivity contribution in [2.24, 2.45) is 0 Å². The van der Waals surface area contributed by atoms with Gasteiger partial charge in [-0.15, -0.1) is 0 Å². The second-order valence-electron chi connectivity index (χ2n) is 5.82. The maximum Gasteiger partial charge on any atom is 0.0994 e. The van der Waals surface area contributed by atoms with E-state index in [1.165, 1.54) is 61.6 Å². The lowest BCUT2D eigenvalue weighted by Crippen LogP contribution is -1.98. The minimum atomic E-state index is 0.910. The average molecular weight is 271 g/mol. The Balaban J connectivity index is 2.72. The van der Waals surface area contributed by atoms with Crippen molar-refractivity contribution in [3.63, 3.8) is 0 Å². The molecule has 0 aromatic heterocycles. The fourth-order valence-electron chi connectivity index (χ4n) is 2.78. The molecule has 0 aliphatic rings. The standard InChI is InChI=1S/C19H29N/c1-4-6-8-10-12-19-16(3)13-17(11-9-7-5-2)14-18(19)15-20/h13-14H,4-12H2,1-3H3. The number of nitrogens with zero attached hydrogens (tertiary/aromatic N) is 1. The predicted octanol–water partition coefficient (Wildman–Crippen LogP) is 5.72. The number of hydrogen-bond donors (Lipinski definition) is 0. The van der Waals surface area contributed by atoms with Gasteiger partial charge in [-0.05, 0) is 55.4 Å². The van der Waals surface area contributed by atoms with Gasteiger partial charge in [-0.1, -0.05) is 52.0 Å². The van der Waals surface area contributed by atoms with Crippen molar-refractivity contribution in [1.29, 1.82) is 5.26 Å². The Morgan fingerprint density at radius 2 is 1.55 bits per heavy atom. The summed E-state index contributed by atoms with van der Waals surface area (Å²) < 4.78 is 0. The maximum absolute atomic E-state index is 9.39. The molecular weight excluding hydrogens is 242 g/mol. The lowest BCUT2D eigenvalue weighted by molar-refractivity contribution is 0.664. The summed E-state index contributed by atoms with van der Waals surface area (Å²) in [7, 11) is 0. The van der Waals surface area contributed by atoms with Crippen LogP contribution in [-0.4, -0.2) is 0 Å². The number of unbranched alkanes of at least 4 members (excludes halogenated alkanes) is 5. The zero-order valence-corrected chi connectivity index (χ0v) is 13.5. The summed E-state index contributed by atoms with van der Waals surface area (Å²) >= 11 is 0. The highest BCUT2D eigenvalue weighted by molar-refractivity contribution is 5.45. The third kappa shape index (κ3) is 5.37. The second kappa shape index (κ2) is 9.59. The molecule has 0 amide bonds. The molecule has 0 aliphatic heterocycles. The van der Waals surface area contributed by atoms with Crippen LogP contribution < -0.4 is 0 Å². The second-order valence-corrected chi connectivity index (χ2v) is 5.82. The monoisotopic (exact) mass is 271 g/mol. The molecule has 1 rings (SSSR count). The summed E-state index contributed by atoms with van der Waals surface area (Å²) in [6.07, 6.45) is 11.0. The molecule has 0 heterocycles. The number of aryl methyl sites for hydroxylation is 2. The molecular formula is C19H29N. The zero-order chi connectivity index (χ0) is 14.8. The van der Waals surface area contributed by atoms with Crippen molar-refractivity contribution >= 4 is 0 Å². The lowest BCUT2D eigenvalue weighted by Gasteiger charge is -2.11. The van der Waals surface area contributed by atoms with E-state index in [-0.39, 0.29) is 0 Å². The Kier molecular flexibility index (Phi) is 8.04. The normalized spacial score (nSPS) is 10.5. The van der Waals surface area contributed by atoms with Crippen LogP contribution in [-0.2, 0) is 12.8 Å². The van der Waals surface area contributed by atoms with E-state index in [0.29, 0.717) is 0 Å². The highest BCUT2D eigenvalue weighted by Gasteiger charge is 2.08. The van der Waals surface area contributed by atoms with Crippen molar-refractivity contribution in [2.45, 2.75) is 78.6 Å². The SMILES string of the molecule is CCCCCCc1c(C)cc(CCCCC)cc1C#N. The lowest BCUT2D eigenvalue weighted by atomic mass is 9.93. The summed E-state index contributed by atoms with van der Waals surface area (Å²) in [5.74, 6) is 0. The first-order chi connectivity index (χ1) is 9.72. The molecule has 0 atom stereocenters. The van der Waals surface area contributed by atoms with Gasteiger partial charge in [0.2, 0.25) is 0 Å². The van der Waals surface area contributed by atoms with E-state index in [1.54, 1.807) is 0 Å². The van der Waals surface area contributed by atoms with Crippen LogP contribution in [0.15, 0.2) is 12.1 Å². The number of rotatable bonds is 9. The first kappa shape index (κ1) is 16.8. The van der Waals surface area contributed by atoms with Crippen LogP contribution in [0.2, 0.25) is 0 Å². The van der Waals surface area contributed by atoms with Gasteiger partial charge in [-0.3, -0.25) is 0 Å². The van der Waals surface area contributed by atoms with Gasteiger partial charge in [-0.2, -0.15) is 5.26 Å². The molecule has 20 heavy (non-hydrogen) atoms. The highest BCUT2D eigenvalue weighted by atomic mass is 14.3. The van der Waals surface area contributed by atoms with E-state index >= 15 is 0 Å². The van der Waals surface area contributed by atoms with E-state index in [0.717, 1.165) is 18.4 Å². The van der Waals surface area contributed by atoms with Crippen LogP contribution in [0.25, 0.3) is 0 Å². The van der Waals surface area contributed by atoms with Gasteiger partial charge in [0.1, 0.15) is 0 Å². The molecule has 0 unspecified atom stereocenters. The van der Waals surface area contributed by atoms with Crippen LogP contribution in [0.4, 0.5) is 0 Å². The first-order valence-electron chi connectivity index (χ1n) is 8.25. The summed E-state index contributed by atoms with van der Waals surface area (Å²) in [6.45, 7) is 6.63. The summed E-state index contributed by atoms with van der Waals surface area (Å²) in [5.41, 5.74) is 4.84. The molecule has 1 heteroatoms. The largest absolute Gasteiger partial charge is 0.192 e. The van der Waals surface area contributed by atoms with Crippen molar-refractivity contribution < 1.29 is 0 Å². The molecule has 1 nitrogen and oxygen atoms in total. The van der Waals surface area contributed by atoms with E-state index in [9.17, 15) is 5.26 Å². The number of benzene rings is 1. The fraction of sp³-hybridized carbons (Fsp3) is 0.632. The summed E-state index contributed by atoms with van der Waals surface area (Å²) in [4.78, 5) is 0. The van der Waals surface area contributed by atoms with Gasteiger partial charge in [0.05, 0.1) is 11.6 Å². The van der Waals surface area contributed by atoms with Crippen molar-refractivity contribution in [2.75, 3.05) is 0 Å². The van der Waals surface area contributed by atoms with Gasteiger partial charge in [0.25, 0.3) is 0 Å². The molecule has 1 aromatic rings. The van der Waals surface area contributed by atoms with Gasteiger partial charge < -0.3 is 0 Å². The molecule has 0 saturated carbocycles. The first-order valence-corrected chi connectivity index (χ1v) is 8.25. The zero-order valence-electron chi connectivity index (χ0n) is 13.5. The van der Waals surface area contributed by atoms with Crippen molar-refractivity contribution in [3.8, 4) is 6.07 Å². The molecule has 110 valence electrons. The maximum atomic E-state index is 9.39. The molecule has 0 radical (unpaired) electrons. The Morgan fingerprint density at radius 1 is 0.900 bits per heavy atom. The van der Waals surface area contributed by atoms with Crippen LogP contribution in [0, 0.1) is 18.3 Å². The van der Waals surface area contributed by atoms with Gasteiger partial charge >= 0.3 is 0 Å². The molecule has 0 bridgehead atoms. The molecule has 0 fully saturated rings. The molecule has 0 saturated heterocycles. The van der Waals surface area contributed by atoms with Crippen molar-refractivity contribution in [3.05, 3.63) is 34.4 Å². The van der Waals surface area contributed by atoms with Crippen LogP contribution in [0.5, 0.6) is 0 Å². The third-order valence-electron chi connectivity index (χ3n) is 4.00. The van der Waals surface area contributed by atoms with Crippen LogP contribution >= 0.6 is 0 Å². The predicted molar refractivity (Wildman–Crippen MR) is 87.0 cm³/mol. The third-order valence-corrected chi connectivity index (χ3v) is 4.00. The number of nitriles is 1. The Labute approximate surface area is 125 Å². The molecule has 0 aliphatic carbocycles. The van der Waals surface area contributed by atoms with E-state index in [1.807, 2.05) is 0 Å². The van der Waals surface area contributed by atoms with Gasteiger partial charge in [0, 0.05) is 0 Å². The van der Waals surface area contributed by atoms with Gasteiger partial charge in [0.15, 0.2) is 0 Å². The quantitative estimate of drug-likeness (QED) is 0.527. The van der Waals surface area contributed by atoms with E-state index in [4.69, 9.17) is 0 Å². The van der Waals surface area contributed by atoms with Gasteiger partial charge in [-0.25, -0.2) is 0 Å². The molecule has 1 aromatic carbocycles. The highest BCUT2D eigenvalue weighted by Crippen LogP contribution is 2.21. The number of hydrogen-bond acceptors (Lipinski definition) is 1. The minimum absolute atomic E-state index is 0.910.